The van der Waals surface area contributed by atoms with Crippen LogP contribution in [0.4, 0.5) is 10.1 Å². The number of benzene rings is 1. The van der Waals surface area contributed by atoms with Crippen LogP contribution in [0.5, 0.6) is 0 Å². The van der Waals surface area contributed by atoms with Crippen LogP contribution in [0.25, 0.3) is 0 Å². The van der Waals surface area contributed by atoms with Gasteiger partial charge in [-0.05, 0) is 18.1 Å². The van der Waals surface area contributed by atoms with E-state index in [1.54, 1.807) is 23.9 Å². The number of thioether (sulfide) groups is 1. The number of aliphatic imine (C=N–C) groups is 1. The van der Waals surface area contributed by atoms with E-state index < -0.39 is 5.82 Å². The van der Waals surface area contributed by atoms with Gasteiger partial charge in [-0.15, -0.1) is 0 Å². The van der Waals surface area contributed by atoms with Gasteiger partial charge in [0.1, 0.15) is 0 Å². The molecule has 0 aliphatic carbocycles. The van der Waals surface area contributed by atoms with Gasteiger partial charge in [-0.2, -0.15) is 0 Å². The minimum absolute atomic E-state index is 0.124. The van der Waals surface area contributed by atoms with Crippen molar-refractivity contribution >= 4 is 34.2 Å². The highest BCUT2D eigenvalue weighted by molar-refractivity contribution is 8.15. The van der Waals surface area contributed by atoms with Gasteiger partial charge < -0.3 is 5.32 Å². The monoisotopic (exact) mass is 272 g/mol. The van der Waals surface area contributed by atoms with Crippen molar-refractivity contribution in [2.45, 2.75) is 19.1 Å². The normalized spacial score (nSPS) is 19.6. The molecule has 1 atom stereocenters. The fourth-order valence-electron chi connectivity index (χ4n) is 1.52. The van der Waals surface area contributed by atoms with E-state index in [-0.39, 0.29) is 5.02 Å². The summed E-state index contributed by atoms with van der Waals surface area (Å²) < 4.78 is 13.7. The summed E-state index contributed by atoms with van der Waals surface area (Å²) in [6.45, 7) is 5.11. The molecular formula is C12H14ClFN2S. The molecule has 2 rings (SSSR count). The molecule has 0 fully saturated rings. The van der Waals surface area contributed by atoms with Crippen LogP contribution >= 0.6 is 23.4 Å². The molecule has 1 heterocycles. The smallest absolute Gasteiger partial charge is 0.165 e. The number of nitrogens with zero attached hydrogens (tertiary/aromatic N) is 1. The number of hydrogen-bond donors (Lipinski definition) is 1. The molecule has 1 unspecified atom stereocenters. The van der Waals surface area contributed by atoms with E-state index in [1.807, 2.05) is 0 Å². The van der Waals surface area contributed by atoms with E-state index in [4.69, 9.17) is 11.6 Å². The number of amidine groups is 1. The quantitative estimate of drug-likeness (QED) is 0.879. The van der Waals surface area contributed by atoms with Crippen molar-refractivity contribution in [1.29, 1.82) is 0 Å². The largest absolute Gasteiger partial charge is 0.333 e. The van der Waals surface area contributed by atoms with E-state index in [0.29, 0.717) is 16.9 Å². The summed E-state index contributed by atoms with van der Waals surface area (Å²) in [5.41, 5.74) is 0.383. The highest BCUT2D eigenvalue weighted by Gasteiger charge is 2.23. The lowest BCUT2D eigenvalue weighted by Gasteiger charge is -2.12. The molecule has 0 saturated carbocycles. The van der Waals surface area contributed by atoms with Gasteiger partial charge in [-0.25, -0.2) is 4.39 Å². The Morgan fingerprint density at radius 2 is 2.29 bits per heavy atom. The van der Waals surface area contributed by atoms with E-state index in [0.717, 1.165) is 11.7 Å². The SMILES string of the molecule is CC(C)C1CN=C(Nc2cccc(Cl)c2F)S1. The fraction of sp³-hybridized carbons (Fsp3) is 0.417. The molecule has 0 saturated heterocycles. The molecule has 2 nitrogen and oxygen atoms in total. The molecule has 1 N–H and O–H groups in total. The Labute approximate surface area is 110 Å². The van der Waals surface area contributed by atoms with Crippen molar-refractivity contribution in [2.24, 2.45) is 10.9 Å². The first-order chi connectivity index (χ1) is 8.08. The van der Waals surface area contributed by atoms with Gasteiger partial charge in [0.25, 0.3) is 0 Å². The second-order valence-corrected chi connectivity index (χ2v) is 5.91. The zero-order valence-corrected chi connectivity index (χ0v) is 11.3. The van der Waals surface area contributed by atoms with Crippen LogP contribution in [-0.4, -0.2) is 17.0 Å². The van der Waals surface area contributed by atoms with Crippen molar-refractivity contribution < 1.29 is 4.39 Å². The molecule has 0 spiro atoms. The second-order valence-electron chi connectivity index (χ2n) is 4.27. The van der Waals surface area contributed by atoms with Crippen LogP contribution < -0.4 is 5.32 Å². The standard InChI is InChI=1S/C12H14ClFN2S/c1-7(2)10-6-15-12(17-10)16-9-5-3-4-8(13)11(9)14/h3-5,7,10H,6H2,1-2H3,(H,15,16). The van der Waals surface area contributed by atoms with Crippen LogP contribution in [0.3, 0.4) is 0 Å². The van der Waals surface area contributed by atoms with E-state index in [2.05, 4.69) is 24.2 Å². The molecule has 0 radical (unpaired) electrons. The number of nitrogens with one attached hydrogen (secondary N) is 1. The van der Waals surface area contributed by atoms with Crippen molar-refractivity contribution in [1.82, 2.24) is 0 Å². The highest BCUT2D eigenvalue weighted by Crippen LogP contribution is 2.29. The van der Waals surface area contributed by atoms with Gasteiger partial charge in [0.15, 0.2) is 11.0 Å². The predicted molar refractivity (Wildman–Crippen MR) is 73.6 cm³/mol. The number of rotatable bonds is 2. The molecule has 0 aromatic heterocycles. The minimum Gasteiger partial charge on any atom is -0.333 e. The van der Waals surface area contributed by atoms with Crippen LogP contribution in [0.15, 0.2) is 23.2 Å². The van der Waals surface area contributed by atoms with E-state index >= 15 is 0 Å². The third-order valence-corrected chi connectivity index (χ3v) is 4.36. The summed E-state index contributed by atoms with van der Waals surface area (Å²) in [6.07, 6.45) is 0. The van der Waals surface area contributed by atoms with Crippen molar-refractivity contribution in [2.75, 3.05) is 11.9 Å². The van der Waals surface area contributed by atoms with Gasteiger partial charge in [0.05, 0.1) is 17.3 Å². The molecule has 1 aromatic rings. The molecule has 92 valence electrons. The Morgan fingerprint density at radius 1 is 1.53 bits per heavy atom. The maximum absolute atomic E-state index is 13.7. The Balaban J connectivity index is 2.06. The van der Waals surface area contributed by atoms with Crippen molar-refractivity contribution in [3.05, 3.63) is 29.0 Å². The van der Waals surface area contributed by atoms with Gasteiger partial charge in [0, 0.05) is 5.25 Å². The van der Waals surface area contributed by atoms with Gasteiger partial charge in [-0.3, -0.25) is 4.99 Å². The minimum atomic E-state index is -0.425. The average Bonchev–Trinajstić information content (AvgIpc) is 2.73. The van der Waals surface area contributed by atoms with Gasteiger partial charge >= 0.3 is 0 Å². The second kappa shape index (κ2) is 5.27. The zero-order chi connectivity index (χ0) is 12.4. The summed E-state index contributed by atoms with van der Waals surface area (Å²) in [5.74, 6) is 0.137. The van der Waals surface area contributed by atoms with Gasteiger partial charge in [-0.1, -0.05) is 43.3 Å². The van der Waals surface area contributed by atoms with Crippen molar-refractivity contribution in [3.63, 3.8) is 0 Å². The molecule has 0 bridgehead atoms. The summed E-state index contributed by atoms with van der Waals surface area (Å²) in [7, 11) is 0. The summed E-state index contributed by atoms with van der Waals surface area (Å²) >= 11 is 7.37. The van der Waals surface area contributed by atoms with Crippen LogP contribution in [0.2, 0.25) is 5.02 Å². The Morgan fingerprint density at radius 3 is 2.94 bits per heavy atom. The summed E-state index contributed by atoms with van der Waals surface area (Å²) in [4.78, 5) is 4.36. The third kappa shape index (κ3) is 2.93. The van der Waals surface area contributed by atoms with Gasteiger partial charge in [0.2, 0.25) is 0 Å². The lowest BCUT2D eigenvalue weighted by atomic mass is 10.1. The molecule has 1 aliphatic rings. The number of anilines is 1. The lowest BCUT2D eigenvalue weighted by Crippen LogP contribution is -2.13. The number of hydrogen-bond acceptors (Lipinski definition) is 3. The van der Waals surface area contributed by atoms with E-state index in [9.17, 15) is 4.39 Å². The highest BCUT2D eigenvalue weighted by atomic mass is 35.5. The molecule has 0 amide bonds. The Hall–Kier alpha value is -0.740. The molecule has 1 aromatic carbocycles. The lowest BCUT2D eigenvalue weighted by molar-refractivity contribution is 0.621. The van der Waals surface area contributed by atoms with Crippen LogP contribution in [-0.2, 0) is 0 Å². The Bertz CT molecular complexity index is 448. The molecule has 17 heavy (non-hydrogen) atoms. The number of halogens is 2. The molecule has 5 heteroatoms. The average molecular weight is 273 g/mol. The third-order valence-electron chi connectivity index (χ3n) is 2.61. The first-order valence-corrected chi connectivity index (χ1v) is 6.76. The summed E-state index contributed by atoms with van der Waals surface area (Å²) in [5, 5.41) is 4.35. The molecule has 1 aliphatic heterocycles. The fourth-order valence-corrected chi connectivity index (χ4v) is 2.72. The zero-order valence-electron chi connectivity index (χ0n) is 9.71. The van der Waals surface area contributed by atoms with E-state index in [1.165, 1.54) is 6.07 Å². The first-order valence-electron chi connectivity index (χ1n) is 5.50. The van der Waals surface area contributed by atoms with Crippen LogP contribution in [0.1, 0.15) is 13.8 Å². The van der Waals surface area contributed by atoms with Crippen molar-refractivity contribution in [3.8, 4) is 0 Å². The maximum Gasteiger partial charge on any atom is 0.165 e. The first kappa shape index (κ1) is 12.7. The predicted octanol–water partition coefficient (Wildman–Crippen LogP) is 4.02. The Kier molecular flexibility index (Phi) is 3.94. The topological polar surface area (TPSA) is 24.4 Å². The molecular weight excluding hydrogens is 259 g/mol. The summed E-state index contributed by atoms with van der Waals surface area (Å²) in [6, 6.07) is 4.91. The maximum atomic E-state index is 13.7. The van der Waals surface area contributed by atoms with Crippen LogP contribution in [0, 0.1) is 11.7 Å².